The molecule has 0 aromatic rings. The van der Waals surface area contributed by atoms with Crippen LogP contribution < -0.4 is 0 Å². The standard InChI is InChI=1S/C50H102N4O4/c1-7-11-15-31-43-53(44-32-16-12-8-2)49(55)57-47-37-27-23-19-21-25-29-40-52(42-36-35-39-51(5)6)41-30-26-22-20-24-28-38-48-58-50(56)54(45-33-17-13-9-3)46-34-18-14-10-4/h7-48H2,1-6H3. The van der Waals surface area contributed by atoms with E-state index in [0.717, 1.165) is 77.5 Å². The lowest BCUT2D eigenvalue weighted by atomic mass is 10.1. The van der Waals surface area contributed by atoms with Crippen LogP contribution in [0.5, 0.6) is 0 Å². The molecule has 0 N–H and O–H groups in total. The summed E-state index contributed by atoms with van der Waals surface area (Å²) in [5.41, 5.74) is 0. The van der Waals surface area contributed by atoms with E-state index in [1.54, 1.807) is 0 Å². The molecule has 0 saturated carbocycles. The number of carbonyl (C=O) groups excluding carboxylic acids is 2. The average Bonchev–Trinajstić information content (AvgIpc) is 3.21. The van der Waals surface area contributed by atoms with Gasteiger partial charge >= 0.3 is 12.2 Å². The van der Waals surface area contributed by atoms with Crippen LogP contribution in [0, 0.1) is 0 Å². The van der Waals surface area contributed by atoms with E-state index in [0.29, 0.717) is 13.2 Å². The van der Waals surface area contributed by atoms with Crippen LogP contribution >= 0.6 is 0 Å². The summed E-state index contributed by atoms with van der Waals surface area (Å²) in [6.07, 6.45) is 38.6. The number of ether oxygens (including phenoxy) is 2. The summed E-state index contributed by atoms with van der Waals surface area (Å²) in [5, 5.41) is 0. The van der Waals surface area contributed by atoms with Crippen molar-refractivity contribution < 1.29 is 19.1 Å². The third-order valence-electron chi connectivity index (χ3n) is 11.7. The van der Waals surface area contributed by atoms with Gasteiger partial charge in [0.15, 0.2) is 0 Å². The smallest absolute Gasteiger partial charge is 0.409 e. The van der Waals surface area contributed by atoms with E-state index in [4.69, 9.17) is 9.47 Å². The van der Waals surface area contributed by atoms with Gasteiger partial charge < -0.3 is 29.1 Å². The van der Waals surface area contributed by atoms with Gasteiger partial charge in [0.25, 0.3) is 0 Å². The van der Waals surface area contributed by atoms with E-state index >= 15 is 0 Å². The maximum absolute atomic E-state index is 12.8. The quantitative estimate of drug-likeness (QED) is 0.0570. The molecule has 0 atom stereocenters. The monoisotopic (exact) mass is 823 g/mol. The van der Waals surface area contributed by atoms with Gasteiger partial charge in [-0.2, -0.15) is 0 Å². The second-order valence-electron chi connectivity index (χ2n) is 17.7. The van der Waals surface area contributed by atoms with Crippen LogP contribution in [0.1, 0.15) is 233 Å². The number of nitrogens with zero attached hydrogens (tertiary/aromatic N) is 4. The maximum Gasteiger partial charge on any atom is 0.409 e. The van der Waals surface area contributed by atoms with E-state index in [-0.39, 0.29) is 12.2 Å². The first-order chi connectivity index (χ1) is 28.4. The van der Waals surface area contributed by atoms with Gasteiger partial charge in [-0.05, 0) is 104 Å². The molecule has 0 rings (SSSR count). The zero-order valence-electron chi connectivity index (χ0n) is 40.1. The topological polar surface area (TPSA) is 65.6 Å². The molecular formula is C50H102N4O4. The van der Waals surface area contributed by atoms with Crippen molar-refractivity contribution in [1.29, 1.82) is 0 Å². The van der Waals surface area contributed by atoms with Crippen molar-refractivity contribution in [2.24, 2.45) is 0 Å². The molecule has 0 aromatic heterocycles. The molecule has 0 saturated heterocycles. The van der Waals surface area contributed by atoms with Crippen molar-refractivity contribution in [3.05, 3.63) is 0 Å². The first kappa shape index (κ1) is 56.5. The van der Waals surface area contributed by atoms with Gasteiger partial charge in [-0.15, -0.1) is 0 Å². The Bertz CT molecular complexity index is 775. The Kier molecular flexibility index (Phi) is 43.8. The molecule has 0 aliphatic carbocycles. The molecule has 58 heavy (non-hydrogen) atoms. The molecule has 8 nitrogen and oxygen atoms in total. The Balaban J connectivity index is 4.21. The molecule has 0 bridgehead atoms. The van der Waals surface area contributed by atoms with E-state index in [2.05, 4.69) is 51.6 Å². The minimum Gasteiger partial charge on any atom is -0.449 e. The highest BCUT2D eigenvalue weighted by Gasteiger charge is 2.15. The summed E-state index contributed by atoms with van der Waals surface area (Å²) < 4.78 is 11.4. The SMILES string of the molecule is CCCCCCN(CCCCCC)C(=O)OCCCCCCCCCN(CCCCCCCCCOC(=O)N(CCCCCC)CCCCCC)CCCCN(C)C. The minimum absolute atomic E-state index is 0.0889. The molecule has 0 heterocycles. The Morgan fingerprint density at radius 3 is 0.862 bits per heavy atom. The fourth-order valence-corrected chi connectivity index (χ4v) is 7.75. The Hall–Kier alpha value is -1.54. The molecule has 0 aliphatic heterocycles. The van der Waals surface area contributed by atoms with Gasteiger partial charge in [-0.25, -0.2) is 9.59 Å². The van der Waals surface area contributed by atoms with Crippen LogP contribution in [0.25, 0.3) is 0 Å². The number of hydrogen-bond acceptors (Lipinski definition) is 6. The number of unbranched alkanes of at least 4 members (excludes halogenated alkanes) is 25. The molecule has 0 aromatic carbocycles. The Morgan fingerprint density at radius 2 is 0.552 bits per heavy atom. The number of amides is 2. The Morgan fingerprint density at radius 1 is 0.310 bits per heavy atom. The summed E-state index contributed by atoms with van der Waals surface area (Å²) in [4.78, 5) is 34.6. The van der Waals surface area contributed by atoms with E-state index in [1.807, 2.05) is 9.80 Å². The number of hydrogen-bond donors (Lipinski definition) is 0. The zero-order valence-corrected chi connectivity index (χ0v) is 40.1. The van der Waals surface area contributed by atoms with Crippen LogP contribution in [0.4, 0.5) is 9.59 Å². The lowest BCUT2D eigenvalue weighted by Gasteiger charge is -2.23. The van der Waals surface area contributed by atoms with Crippen molar-refractivity contribution in [1.82, 2.24) is 19.6 Å². The lowest BCUT2D eigenvalue weighted by molar-refractivity contribution is 0.0982. The fourth-order valence-electron chi connectivity index (χ4n) is 7.75. The van der Waals surface area contributed by atoms with Gasteiger partial charge in [0.2, 0.25) is 0 Å². The first-order valence-corrected chi connectivity index (χ1v) is 25.6. The second kappa shape index (κ2) is 45.0. The van der Waals surface area contributed by atoms with Crippen molar-refractivity contribution in [3.63, 3.8) is 0 Å². The third kappa shape index (κ3) is 38.6. The predicted molar refractivity (Wildman–Crippen MR) is 251 cm³/mol. The molecule has 8 heteroatoms. The summed E-state index contributed by atoms with van der Waals surface area (Å²) >= 11 is 0. The zero-order chi connectivity index (χ0) is 42.6. The molecule has 2 amide bonds. The third-order valence-corrected chi connectivity index (χ3v) is 11.7. The average molecular weight is 823 g/mol. The van der Waals surface area contributed by atoms with Gasteiger partial charge in [-0.1, -0.05) is 169 Å². The molecule has 346 valence electrons. The van der Waals surface area contributed by atoms with Crippen LogP contribution in [0.3, 0.4) is 0 Å². The molecule has 0 fully saturated rings. The van der Waals surface area contributed by atoms with Crippen LogP contribution in [0.2, 0.25) is 0 Å². The number of rotatable bonds is 45. The molecule has 0 aliphatic rings. The highest BCUT2D eigenvalue weighted by Crippen LogP contribution is 2.14. The Labute approximate surface area is 362 Å². The molecule has 0 unspecified atom stereocenters. The molecular weight excluding hydrogens is 721 g/mol. The summed E-state index contributed by atoms with van der Waals surface area (Å²) in [7, 11) is 4.36. The maximum atomic E-state index is 12.8. The van der Waals surface area contributed by atoms with Crippen molar-refractivity contribution in [2.45, 2.75) is 233 Å². The molecule has 0 radical (unpaired) electrons. The highest BCUT2D eigenvalue weighted by atomic mass is 16.6. The second-order valence-corrected chi connectivity index (χ2v) is 17.7. The van der Waals surface area contributed by atoms with Crippen molar-refractivity contribution in [3.8, 4) is 0 Å². The van der Waals surface area contributed by atoms with Gasteiger partial charge in [0.1, 0.15) is 0 Å². The minimum atomic E-state index is -0.0889. The van der Waals surface area contributed by atoms with Crippen LogP contribution in [-0.4, -0.2) is 111 Å². The fraction of sp³-hybridized carbons (Fsp3) is 0.960. The summed E-state index contributed by atoms with van der Waals surface area (Å²) in [6, 6.07) is 0. The lowest BCUT2D eigenvalue weighted by Crippen LogP contribution is -2.33. The number of carbonyl (C=O) groups is 2. The van der Waals surface area contributed by atoms with Crippen LogP contribution in [0.15, 0.2) is 0 Å². The van der Waals surface area contributed by atoms with E-state index in [1.165, 1.54) is 180 Å². The van der Waals surface area contributed by atoms with E-state index in [9.17, 15) is 9.59 Å². The van der Waals surface area contributed by atoms with E-state index < -0.39 is 0 Å². The van der Waals surface area contributed by atoms with Gasteiger partial charge in [0, 0.05) is 26.2 Å². The van der Waals surface area contributed by atoms with Crippen molar-refractivity contribution in [2.75, 3.05) is 79.7 Å². The van der Waals surface area contributed by atoms with Crippen LogP contribution in [-0.2, 0) is 9.47 Å². The summed E-state index contributed by atoms with van der Waals surface area (Å²) in [6.45, 7) is 18.3. The first-order valence-electron chi connectivity index (χ1n) is 25.6. The normalized spacial score (nSPS) is 11.5. The highest BCUT2D eigenvalue weighted by molar-refractivity contribution is 5.67. The largest absolute Gasteiger partial charge is 0.449 e. The van der Waals surface area contributed by atoms with Gasteiger partial charge in [0.05, 0.1) is 13.2 Å². The molecule has 0 spiro atoms. The van der Waals surface area contributed by atoms with Crippen molar-refractivity contribution >= 4 is 12.2 Å². The van der Waals surface area contributed by atoms with Gasteiger partial charge in [-0.3, -0.25) is 0 Å². The summed E-state index contributed by atoms with van der Waals surface area (Å²) in [5.74, 6) is 0. The predicted octanol–water partition coefficient (Wildman–Crippen LogP) is 14.3.